The Hall–Kier alpha value is -2.51. The zero-order valence-electron chi connectivity index (χ0n) is 17.0. The van der Waals surface area contributed by atoms with Crippen LogP contribution in [0.15, 0.2) is 30.5 Å². The lowest BCUT2D eigenvalue weighted by atomic mass is 9.99. The fourth-order valence-electron chi connectivity index (χ4n) is 3.98. The van der Waals surface area contributed by atoms with E-state index in [9.17, 15) is 0 Å². The first-order chi connectivity index (χ1) is 14.2. The second-order valence-electron chi connectivity index (χ2n) is 8.12. The van der Waals surface area contributed by atoms with E-state index >= 15 is 0 Å². The Morgan fingerprint density at radius 3 is 2.83 bits per heavy atom. The third-order valence-corrected chi connectivity index (χ3v) is 5.57. The summed E-state index contributed by atoms with van der Waals surface area (Å²) in [5.41, 5.74) is 2.89. The third-order valence-electron chi connectivity index (χ3n) is 5.57. The lowest BCUT2D eigenvalue weighted by molar-refractivity contribution is -0.0365. The van der Waals surface area contributed by atoms with Gasteiger partial charge in [0.05, 0.1) is 17.3 Å². The highest BCUT2D eigenvalue weighted by atomic mass is 16.5. The summed E-state index contributed by atoms with van der Waals surface area (Å²) in [6.45, 7) is 6.77. The standard InChI is InChI=1S/C22H27N5O2/c1-14(2)29-16-6-7-19-17(11-16)21(26-27(19)20-5-3-4-10-28-20)22-24-9-8-18(25-22)15-12-23-13-15/h6-9,11,14-15,20,23H,3-5,10,12-13H2,1-2H3. The largest absolute Gasteiger partial charge is 0.491 e. The fraction of sp³-hybridized carbons (Fsp3) is 0.500. The molecule has 1 aromatic carbocycles. The molecule has 2 fully saturated rings. The van der Waals surface area contributed by atoms with Gasteiger partial charge in [-0.25, -0.2) is 14.6 Å². The smallest absolute Gasteiger partial charge is 0.180 e. The first-order valence-corrected chi connectivity index (χ1v) is 10.5. The molecule has 7 heteroatoms. The number of rotatable bonds is 5. The number of hydrogen-bond donors (Lipinski definition) is 1. The molecule has 4 heterocycles. The van der Waals surface area contributed by atoms with Crippen molar-refractivity contribution in [2.75, 3.05) is 19.7 Å². The summed E-state index contributed by atoms with van der Waals surface area (Å²) in [5.74, 6) is 1.94. The van der Waals surface area contributed by atoms with Crippen LogP contribution in [0.5, 0.6) is 5.75 Å². The first-order valence-electron chi connectivity index (χ1n) is 10.5. The molecule has 1 atom stereocenters. The maximum absolute atomic E-state index is 6.02. The SMILES string of the molecule is CC(C)Oc1ccc2c(c1)c(-c1nccc(C3CNC3)n1)nn2C1CCCCO1. The zero-order chi connectivity index (χ0) is 19.8. The van der Waals surface area contributed by atoms with Crippen LogP contribution in [0.4, 0.5) is 0 Å². The second kappa shape index (κ2) is 7.72. The number of hydrogen-bond acceptors (Lipinski definition) is 6. The second-order valence-corrected chi connectivity index (χ2v) is 8.12. The summed E-state index contributed by atoms with van der Waals surface area (Å²) in [5, 5.41) is 9.25. The van der Waals surface area contributed by atoms with Crippen molar-refractivity contribution in [1.82, 2.24) is 25.1 Å². The monoisotopic (exact) mass is 393 g/mol. The van der Waals surface area contributed by atoms with E-state index in [1.54, 1.807) is 0 Å². The Kier molecular flexibility index (Phi) is 4.93. The fourth-order valence-corrected chi connectivity index (χ4v) is 3.98. The lowest BCUT2D eigenvalue weighted by Gasteiger charge is -2.26. The predicted molar refractivity (Wildman–Crippen MR) is 111 cm³/mol. The van der Waals surface area contributed by atoms with Crippen LogP contribution in [0.2, 0.25) is 0 Å². The number of nitrogens with one attached hydrogen (secondary N) is 1. The van der Waals surface area contributed by atoms with Crippen molar-refractivity contribution in [1.29, 1.82) is 0 Å². The topological polar surface area (TPSA) is 74.1 Å². The summed E-state index contributed by atoms with van der Waals surface area (Å²) < 4.78 is 14.0. The van der Waals surface area contributed by atoms with E-state index in [2.05, 4.69) is 22.4 Å². The molecular weight excluding hydrogens is 366 g/mol. The molecule has 7 nitrogen and oxygen atoms in total. The van der Waals surface area contributed by atoms with Gasteiger partial charge in [-0.15, -0.1) is 0 Å². The average Bonchev–Trinajstić information content (AvgIpc) is 3.06. The quantitative estimate of drug-likeness (QED) is 0.713. The van der Waals surface area contributed by atoms with Crippen LogP contribution in [0.3, 0.4) is 0 Å². The van der Waals surface area contributed by atoms with Crippen LogP contribution in [-0.2, 0) is 4.74 Å². The van der Waals surface area contributed by atoms with Gasteiger partial charge in [-0.2, -0.15) is 5.10 Å². The van der Waals surface area contributed by atoms with Gasteiger partial charge in [0.15, 0.2) is 12.1 Å². The van der Waals surface area contributed by atoms with Gasteiger partial charge in [0.1, 0.15) is 11.4 Å². The van der Waals surface area contributed by atoms with E-state index in [0.29, 0.717) is 11.7 Å². The number of fused-ring (bicyclic) bond motifs is 1. The van der Waals surface area contributed by atoms with Gasteiger partial charge in [-0.05, 0) is 57.4 Å². The van der Waals surface area contributed by atoms with Gasteiger partial charge in [0, 0.05) is 37.2 Å². The number of nitrogens with zero attached hydrogens (tertiary/aromatic N) is 4. The Balaban J connectivity index is 1.62. The molecule has 0 spiro atoms. The molecule has 2 aromatic heterocycles. The molecule has 0 bridgehead atoms. The number of ether oxygens (including phenoxy) is 2. The van der Waals surface area contributed by atoms with Crippen LogP contribution in [0.1, 0.15) is 50.9 Å². The van der Waals surface area contributed by atoms with Crippen LogP contribution in [0, 0.1) is 0 Å². The van der Waals surface area contributed by atoms with Crippen molar-refractivity contribution in [2.24, 2.45) is 0 Å². The molecular formula is C22H27N5O2. The highest BCUT2D eigenvalue weighted by Crippen LogP contribution is 2.34. The van der Waals surface area contributed by atoms with Crippen molar-refractivity contribution in [3.05, 3.63) is 36.2 Å². The molecule has 2 aliphatic rings. The van der Waals surface area contributed by atoms with Crippen molar-refractivity contribution < 1.29 is 9.47 Å². The van der Waals surface area contributed by atoms with Gasteiger partial charge < -0.3 is 14.8 Å². The molecule has 0 saturated carbocycles. The third kappa shape index (κ3) is 3.60. The van der Waals surface area contributed by atoms with Crippen molar-refractivity contribution >= 4 is 10.9 Å². The van der Waals surface area contributed by atoms with Gasteiger partial charge in [-0.1, -0.05) is 0 Å². The Bertz CT molecular complexity index is 1010. The van der Waals surface area contributed by atoms with Gasteiger partial charge in [0.2, 0.25) is 0 Å². The average molecular weight is 393 g/mol. The molecule has 1 unspecified atom stereocenters. The molecule has 2 aliphatic heterocycles. The minimum Gasteiger partial charge on any atom is -0.491 e. The summed E-state index contributed by atoms with van der Waals surface area (Å²) in [6, 6.07) is 8.13. The number of benzene rings is 1. The van der Waals surface area contributed by atoms with E-state index in [1.165, 1.54) is 0 Å². The van der Waals surface area contributed by atoms with Gasteiger partial charge in [-0.3, -0.25) is 0 Å². The molecule has 0 amide bonds. The van der Waals surface area contributed by atoms with E-state index in [1.807, 2.05) is 36.9 Å². The molecule has 1 N–H and O–H groups in total. The van der Waals surface area contributed by atoms with E-state index in [0.717, 1.165) is 67.0 Å². The molecule has 29 heavy (non-hydrogen) atoms. The summed E-state index contributed by atoms with van der Waals surface area (Å²) in [4.78, 5) is 9.42. The van der Waals surface area contributed by atoms with Gasteiger partial charge in [0.25, 0.3) is 0 Å². The zero-order valence-corrected chi connectivity index (χ0v) is 17.0. The molecule has 152 valence electrons. The van der Waals surface area contributed by atoms with Crippen molar-refractivity contribution in [3.63, 3.8) is 0 Å². The Morgan fingerprint density at radius 2 is 2.10 bits per heavy atom. The molecule has 3 aromatic rings. The minimum absolute atomic E-state index is 0.0455. The summed E-state index contributed by atoms with van der Waals surface area (Å²) >= 11 is 0. The predicted octanol–water partition coefficient (Wildman–Crippen LogP) is 3.67. The maximum Gasteiger partial charge on any atom is 0.180 e. The van der Waals surface area contributed by atoms with Crippen LogP contribution in [0.25, 0.3) is 22.4 Å². The number of aromatic nitrogens is 4. The minimum atomic E-state index is -0.0455. The molecule has 5 rings (SSSR count). The Morgan fingerprint density at radius 1 is 1.21 bits per heavy atom. The maximum atomic E-state index is 6.02. The normalized spacial score (nSPS) is 20.2. The lowest BCUT2D eigenvalue weighted by Crippen LogP contribution is -2.40. The van der Waals surface area contributed by atoms with Crippen LogP contribution < -0.4 is 10.1 Å². The van der Waals surface area contributed by atoms with Gasteiger partial charge >= 0.3 is 0 Å². The van der Waals surface area contributed by atoms with E-state index < -0.39 is 0 Å². The van der Waals surface area contributed by atoms with Crippen LogP contribution in [-0.4, -0.2) is 45.5 Å². The summed E-state index contributed by atoms with van der Waals surface area (Å²) in [6.07, 6.45) is 5.13. The van der Waals surface area contributed by atoms with Crippen molar-refractivity contribution in [3.8, 4) is 17.3 Å². The molecule has 0 aliphatic carbocycles. The van der Waals surface area contributed by atoms with Crippen LogP contribution >= 0.6 is 0 Å². The first kappa shape index (κ1) is 18.5. The molecule has 2 saturated heterocycles. The highest BCUT2D eigenvalue weighted by molar-refractivity contribution is 5.92. The molecule has 0 radical (unpaired) electrons. The highest BCUT2D eigenvalue weighted by Gasteiger charge is 2.25. The van der Waals surface area contributed by atoms with E-state index in [4.69, 9.17) is 19.6 Å². The summed E-state index contributed by atoms with van der Waals surface area (Å²) in [7, 11) is 0. The van der Waals surface area contributed by atoms with Crippen molar-refractivity contribution in [2.45, 2.75) is 51.4 Å². The Labute approximate surface area is 170 Å². The van der Waals surface area contributed by atoms with E-state index in [-0.39, 0.29) is 12.3 Å².